The average molecular weight is 283 g/mol. The van der Waals surface area contributed by atoms with Crippen LogP contribution < -0.4 is 14.8 Å². The Labute approximate surface area is 125 Å². The van der Waals surface area contributed by atoms with Gasteiger partial charge < -0.3 is 14.8 Å². The molecule has 0 bridgehead atoms. The number of fused-ring (bicyclic) bond motifs is 1. The fourth-order valence-corrected chi connectivity index (χ4v) is 2.96. The SMILES string of the molecule is CNC(Cc1ccccc1OC)C1Cc2ccccc2O1. The summed E-state index contributed by atoms with van der Waals surface area (Å²) in [5.74, 6) is 1.95. The predicted octanol–water partition coefficient (Wildman–Crippen LogP) is 2.83. The smallest absolute Gasteiger partial charge is 0.123 e. The molecule has 0 saturated heterocycles. The standard InChI is InChI=1S/C18H21NO2/c1-19-15(11-13-7-3-5-9-16(13)20-2)18-12-14-8-4-6-10-17(14)21-18/h3-10,15,18-19H,11-12H2,1-2H3. The molecule has 0 saturated carbocycles. The summed E-state index contributed by atoms with van der Waals surface area (Å²) in [5, 5.41) is 3.40. The molecule has 21 heavy (non-hydrogen) atoms. The number of rotatable bonds is 5. The lowest BCUT2D eigenvalue weighted by Gasteiger charge is -2.23. The molecule has 3 rings (SSSR count). The maximum atomic E-state index is 6.10. The van der Waals surface area contributed by atoms with Gasteiger partial charge >= 0.3 is 0 Å². The van der Waals surface area contributed by atoms with E-state index in [9.17, 15) is 0 Å². The lowest BCUT2D eigenvalue weighted by molar-refractivity contribution is 0.181. The normalized spacial score (nSPS) is 17.9. The topological polar surface area (TPSA) is 30.5 Å². The number of para-hydroxylation sites is 2. The van der Waals surface area contributed by atoms with Crippen LogP contribution in [0.1, 0.15) is 11.1 Å². The molecule has 1 heterocycles. The zero-order chi connectivity index (χ0) is 14.7. The first-order valence-corrected chi connectivity index (χ1v) is 7.35. The van der Waals surface area contributed by atoms with Crippen LogP contribution in [-0.4, -0.2) is 26.3 Å². The third-order valence-electron chi connectivity index (χ3n) is 4.12. The number of benzene rings is 2. The fraction of sp³-hybridized carbons (Fsp3) is 0.333. The van der Waals surface area contributed by atoms with Crippen LogP contribution in [0.4, 0.5) is 0 Å². The maximum Gasteiger partial charge on any atom is 0.123 e. The summed E-state index contributed by atoms with van der Waals surface area (Å²) < 4.78 is 11.5. The van der Waals surface area contributed by atoms with Crippen LogP contribution in [0.2, 0.25) is 0 Å². The largest absolute Gasteiger partial charge is 0.496 e. The van der Waals surface area contributed by atoms with E-state index < -0.39 is 0 Å². The molecule has 0 amide bonds. The van der Waals surface area contributed by atoms with Gasteiger partial charge in [0.25, 0.3) is 0 Å². The van der Waals surface area contributed by atoms with Crippen LogP contribution in [0.5, 0.6) is 11.5 Å². The van der Waals surface area contributed by atoms with Gasteiger partial charge in [-0.3, -0.25) is 0 Å². The Morgan fingerprint density at radius 2 is 1.95 bits per heavy atom. The van der Waals surface area contributed by atoms with Crippen LogP contribution in [-0.2, 0) is 12.8 Å². The van der Waals surface area contributed by atoms with Gasteiger partial charge in [0.05, 0.1) is 7.11 Å². The lowest BCUT2D eigenvalue weighted by atomic mass is 9.97. The van der Waals surface area contributed by atoms with E-state index in [1.54, 1.807) is 7.11 Å². The minimum atomic E-state index is 0.164. The Morgan fingerprint density at radius 3 is 2.71 bits per heavy atom. The monoisotopic (exact) mass is 283 g/mol. The van der Waals surface area contributed by atoms with Crippen molar-refractivity contribution in [3.8, 4) is 11.5 Å². The van der Waals surface area contributed by atoms with Crippen LogP contribution in [0, 0.1) is 0 Å². The summed E-state index contributed by atoms with van der Waals surface area (Å²) in [6.45, 7) is 0. The minimum absolute atomic E-state index is 0.164. The van der Waals surface area contributed by atoms with Crippen molar-refractivity contribution in [3.05, 3.63) is 59.7 Å². The number of hydrogen-bond acceptors (Lipinski definition) is 3. The van der Waals surface area contributed by atoms with Crippen LogP contribution in [0.3, 0.4) is 0 Å². The molecule has 1 aliphatic rings. The van der Waals surface area contributed by atoms with E-state index in [2.05, 4.69) is 29.6 Å². The zero-order valence-corrected chi connectivity index (χ0v) is 12.5. The summed E-state index contributed by atoms with van der Waals surface area (Å²) in [5.41, 5.74) is 2.50. The summed E-state index contributed by atoms with van der Waals surface area (Å²) in [6, 6.07) is 16.7. The van der Waals surface area contributed by atoms with Crippen molar-refractivity contribution in [1.82, 2.24) is 5.32 Å². The summed E-state index contributed by atoms with van der Waals surface area (Å²) in [4.78, 5) is 0. The van der Waals surface area contributed by atoms with Crippen molar-refractivity contribution in [3.63, 3.8) is 0 Å². The number of nitrogens with one attached hydrogen (secondary N) is 1. The van der Waals surface area contributed by atoms with E-state index in [1.165, 1.54) is 11.1 Å². The van der Waals surface area contributed by atoms with Crippen molar-refractivity contribution in [2.75, 3.05) is 14.2 Å². The Hall–Kier alpha value is -2.00. The number of likely N-dealkylation sites (N-methyl/N-ethyl adjacent to an activating group) is 1. The fourth-order valence-electron chi connectivity index (χ4n) is 2.96. The molecule has 110 valence electrons. The number of ether oxygens (including phenoxy) is 2. The number of methoxy groups -OCH3 is 1. The first-order valence-electron chi connectivity index (χ1n) is 7.35. The summed E-state index contributed by atoms with van der Waals surface area (Å²) in [6.07, 6.45) is 2.01. The molecule has 0 aliphatic carbocycles. The highest BCUT2D eigenvalue weighted by Crippen LogP contribution is 2.31. The van der Waals surface area contributed by atoms with Crippen LogP contribution in [0.25, 0.3) is 0 Å². The second-order valence-electron chi connectivity index (χ2n) is 5.38. The van der Waals surface area contributed by atoms with Gasteiger partial charge in [-0.05, 0) is 36.7 Å². The lowest BCUT2D eigenvalue weighted by Crippen LogP contribution is -2.42. The first-order chi connectivity index (χ1) is 10.3. The van der Waals surface area contributed by atoms with E-state index in [-0.39, 0.29) is 12.1 Å². The Kier molecular flexibility index (Phi) is 4.11. The second-order valence-corrected chi connectivity index (χ2v) is 5.38. The molecule has 3 nitrogen and oxygen atoms in total. The molecule has 2 aromatic carbocycles. The van der Waals surface area contributed by atoms with Gasteiger partial charge in [-0.15, -0.1) is 0 Å². The summed E-state index contributed by atoms with van der Waals surface area (Å²) >= 11 is 0. The third-order valence-corrected chi connectivity index (χ3v) is 4.12. The number of hydrogen-bond donors (Lipinski definition) is 1. The van der Waals surface area contributed by atoms with E-state index in [0.717, 1.165) is 24.3 Å². The molecule has 0 radical (unpaired) electrons. The minimum Gasteiger partial charge on any atom is -0.496 e. The third kappa shape index (κ3) is 2.88. The van der Waals surface area contributed by atoms with Gasteiger partial charge in [-0.25, -0.2) is 0 Å². The molecule has 0 fully saturated rings. The van der Waals surface area contributed by atoms with E-state index in [1.807, 2.05) is 31.3 Å². The first kappa shape index (κ1) is 14.0. The van der Waals surface area contributed by atoms with Gasteiger partial charge in [0.15, 0.2) is 0 Å². The molecule has 2 aromatic rings. The zero-order valence-electron chi connectivity index (χ0n) is 12.5. The van der Waals surface area contributed by atoms with Crippen LogP contribution in [0.15, 0.2) is 48.5 Å². The van der Waals surface area contributed by atoms with Crippen LogP contribution >= 0.6 is 0 Å². The molecule has 0 aromatic heterocycles. The van der Waals surface area contributed by atoms with E-state index in [4.69, 9.17) is 9.47 Å². The van der Waals surface area contributed by atoms with Gasteiger partial charge in [0.1, 0.15) is 17.6 Å². The van der Waals surface area contributed by atoms with Crippen molar-refractivity contribution < 1.29 is 9.47 Å². The molecular weight excluding hydrogens is 262 g/mol. The van der Waals surface area contributed by atoms with E-state index in [0.29, 0.717) is 0 Å². The highest BCUT2D eigenvalue weighted by molar-refractivity contribution is 5.38. The molecule has 1 N–H and O–H groups in total. The highest BCUT2D eigenvalue weighted by Gasteiger charge is 2.29. The molecule has 2 atom stereocenters. The second kappa shape index (κ2) is 6.19. The predicted molar refractivity (Wildman–Crippen MR) is 84.1 cm³/mol. The summed E-state index contributed by atoms with van der Waals surface area (Å²) in [7, 11) is 3.71. The Morgan fingerprint density at radius 1 is 1.19 bits per heavy atom. The Balaban J connectivity index is 1.75. The van der Waals surface area contributed by atoms with Gasteiger partial charge in [-0.2, -0.15) is 0 Å². The van der Waals surface area contributed by atoms with Crippen molar-refractivity contribution in [2.24, 2.45) is 0 Å². The van der Waals surface area contributed by atoms with Gasteiger partial charge in [-0.1, -0.05) is 36.4 Å². The maximum absolute atomic E-state index is 6.10. The Bertz CT molecular complexity index is 587. The molecule has 3 heteroatoms. The van der Waals surface area contributed by atoms with Crippen molar-refractivity contribution >= 4 is 0 Å². The van der Waals surface area contributed by atoms with Gasteiger partial charge in [0.2, 0.25) is 0 Å². The molecule has 1 aliphatic heterocycles. The highest BCUT2D eigenvalue weighted by atomic mass is 16.5. The van der Waals surface area contributed by atoms with E-state index >= 15 is 0 Å². The van der Waals surface area contributed by atoms with Crippen molar-refractivity contribution in [2.45, 2.75) is 25.0 Å². The molecule has 2 unspecified atom stereocenters. The molecular formula is C18H21NO2. The van der Waals surface area contributed by atoms with Crippen molar-refractivity contribution in [1.29, 1.82) is 0 Å². The molecule has 0 spiro atoms. The van der Waals surface area contributed by atoms with Gasteiger partial charge in [0, 0.05) is 12.5 Å². The quantitative estimate of drug-likeness (QED) is 0.915. The average Bonchev–Trinajstić information content (AvgIpc) is 2.96.